The summed E-state index contributed by atoms with van der Waals surface area (Å²) >= 11 is 12.0. The average molecular weight is 435 g/mol. The van der Waals surface area contributed by atoms with Crippen LogP contribution in [0.5, 0.6) is 0 Å². The fourth-order valence-electron chi connectivity index (χ4n) is 3.23. The molecule has 8 heteroatoms. The third-order valence-electron chi connectivity index (χ3n) is 4.89. The highest BCUT2D eigenvalue weighted by Gasteiger charge is 2.28. The van der Waals surface area contributed by atoms with Crippen LogP contribution < -0.4 is 5.32 Å². The predicted octanol–water partition coefficient (Wildman–Crippen LogP) is 4.27. The van der Waals surface area contributed by atoms with Crippen molar-refractivity contribution in [2.45, 2.75) is 12.8 Å². The second-order valence-electron chi connectivity index (χ2n) is 6.75. The van der Waals surface area contributed by atoms with Crippen molar-refractivity contribution in [2.24, 2.45) is 5.92 Å². The first-order valence-corrected chi connectivity index (χ1v) is 9.88. The molecule has 0 atom stereocenters. The van der Waals surface area contributed by atoms with Gasteiger partial charge >= 0.3 is 5.97 Å². The Hall–Kier alpha value is -2.57. The summed E-state index contributed by atoms with van der Waals surface area (Å²) in [5.41, 5.74) is 1.43. The van der Waals surface area contributed by atoms with E-state index < -0.39 is 5.97 Å². The van der Waals surface area contributed by atoms with Crippen molar-refractivity contribution in [3.8, 4) is 0 Å². The van der Waals surface area contributed by atoms with Crippen LogP contribution in [0.4, 0.5) is 5.69 Å². The largest absolute Gasteiger partial charge is 0.465 e. The van der Waals surface area contributed by atoms with Crippen LogP contribution in [0.3, 0.4) is 0 Å². The number of esters is 1. The van der Waals surface area contributed by atoms with Crippen LogP contribution in [0, 0.1) is 5.92 Å². The lowest BCUT2D eigenvalue weighted by atomic mass is 9.95. The number of anilines is 1. The maximum absolute atomic E-state index is 12.7. The van der Waals surface area contributed by atoms with Crippen molar-refractivity contribution in [3.63, 3.8) is 0 Å². The summed E-state index contributed by atoms with van der Waals surface area (Å²) in [6.07, 6.45) is 1.12. The Bertz CT molecular complexity index is 923. The SMILES string of the molecule is COC(=O)c1ccc(NC(=O)C2CCN(C(=O)c3ccc(Cl)cc3Cl)CC2)cc1. The quantitative estimate of drug-likeness (QED) is 0.728. The van der Waals surface area contributed by atoms with Gasteiger partial charge in [-0.25, -0.2) is 4.79 Å². The molecule has 1 heterocycles. The summed E-state index contributed by atoms with van der Waals surface area (Å²) in [7, 11) is 1.32. The van der Waals surface area contributed by atoms with Gasteiger partial charge < -0.3 is 15.0 Å². The summed E-state index contributed by atoms with van der Waals surface area (Å²) in [6, 6.07) is 11.3. The van der Waals surface area contributed by atoms with Gasteiger partial charge in [0.2, 0.25) is 5.91 Å². The Morgan fingerprint density at radius 2 is 1.69 bits per heavy atom. The number of carbonyl (C=O) groups excluding carboxylic acids is 3. The van der Waals surface area contributed by atoms with E-state index in [-0.39, 0.29) is 17.7 Å². The van der Waals surface area contributed by atoms with E-state index in [4.69, 9.17) is 23.2 Å². The fraction of sp³-hybridized carbons (Fsp3) is 0.286. The molecular weight excluding hydrogens is 415 g/mol. The summed E-state index contributed by atoms with van der Waals surface area (Å²) in [5.74, 6) is -0.892. The molecule has 29 heavy (non-hydrogen) atoms. The molecule has 3 rings (SSSR count). The fourth-order valence-corrected chi connectivity index (χ4v) is 3.72. The second kappa shape index (κ2) is 9.29. The van der Waals surface area contributed by atoms with Crippen LogP contribution in [-0.2, 0) is 9.53 Å². The van der Waals surface area contributed by atoms with Crippen LogP contribution in [-0.4, -0.2) is 42.9 Å². The zero-order chi connectivity index (χ0) is 21.0. The molecule has 0 unspecified atom stereocenters. The highest BCUT2D eigenvalue weighted by Crippen LogP contribution is 2.25. The molecule has 2 aromatic carbocycles. The summed E-state index contributed by atoms with van der Waals surface area (Å²) in [4.78, 5) is 38.4. The molecule has 0 radical (unpaired) electrons. The second-order valence-corrected chi connectivity index (χ2v) is 7.59. The van der Waals surface area contributed by atoms with Crippen LogP contribution in [0.2, 0.25) is 10.0 Å². The number of benzene rings is 2. The van der Waals surface area contributed by atoms with Gasteiger partial charge in [0.1, 0.15) is 0 Å². The molecule has 152 valence electrons. The first kappa shape index (κ1) is 21.1. The third kappa shape index (κ3) is 5.08. The minimum atomic E-state index is -0.430. The molecule has 0 aromatic heterocycles. The van der Waals surface area contributed by atoms with Gasteiger partial charge in [0, 0.05) is 29.7 Å². The van der Waals surface area contributed by atoms with Crippen LogP contribution >= 0.6 is 23.2 Å². The van der Waals surface area contributed by atoms with E-state index in [2.05, 4.69) is 10.1 Å². The van der Waals surface area contributed by atoms with Crippen molar-refractivity contribution in [2.75, 3.05) is 25.5 Å². The van der Waals surface area contributed by atoms with Crippen LogP contribution in [0.25, 0.3) is 0 Å². The maximum Gasteiger partial charge on any atom is 0.337 e. The van der Waals surface area contributed by atoms with Crippen molar-refractivity contribution in [3.05, 3.63) is 63.6 Å². The maximum atomic E-state index is 12.7. The van der Waals surface area contributed by atoms with Crippen LogP contribution in [0.1, 0.15) is 33.6 Å². The van der Waals surface area contributed by atoms with Gasteiger partial charge in [0.15, 0.2) is 0 Å². The molecule has 2 aromatic rings. The normalized spacial score (nSPS) is 14.4. The minimum Gasteiger partial charge on any atom is -0.465 e. The molecule has 6 nitrogen and oxygen atoms in total. The zero-order valence-corrected chi connectivity index (χ0v) is 17.3. The van der Waals surface area contributed by atoms with Crippen molar-refractivity contribution in [1.29, 1.82) is 0 Å². The van der Waals surface area contributed by atoms with Gasteiger partial charge in [-0.05, 0) is 55.3 Å². The molecule has 2 amide bonds. The van der Waals surface area contributed by atoms with Crippen molar-refractivity contribution in [1.82, 2.24) is 4.90 Å². The molecule has 1 saturated heterocycles. The molecular formula is C21H20Cl2N2O4. The Kier molecular flexibility index (Phi) is 6.77. The standard InChI is InChI=1S/C21H20Cl2N2O4/c1-29-21(28)14-2-5-16(6-3-14)24-19(26)13-8-10-25(11-9-13)20(27)17-7-4-15(22)12-18(17)23/h2-7,12-13H,8-11H2,1H3,(H,24,26). The number of hydrogen-bond donors (Lipinski definition) is 1. The van der Waals surface area contributed by atoms with Gasteiger partial charge in [0.25, 0.3) is 5.91 Å². The Balaban J connectivity index is 1.55. The van der Waals surface area contributed by atoms with E-state index in [0.29, 0.717) is 52.8 Å². The number of likely N-dealkylation sites (tertiary alicyclic amines) is 1. The van der Waals surface area contributed by atoms with E-state index in [9.17, 15) is 14.4 Å². The van der Waals surface area contributed by atoms with Gasteiger partial charge in [-0.15, -0.1) is 0 Å². The molecule has 0 saturated carbocycles. The van der Waals surface area contributed by atoms with E-state index in [1.165, 1.54) is 7.11 Å². The Morgan fingerprint density at radius 3 is 2.28 bits per heavy atom. The molecule has 1 fully saturated rings. The minimum absolute atomic E-state index is 0.104. The highest BCUT2D eigenvalue weighted by atomic mass is 35.5. The number of halogens is 2. The molecule has 0 bridgehead atoms. The lowest BCUT2D eigenvalue weighted by Crippen LogP contribution is -2.41. The first-order chi connectivity index (χ1) is 13.9. The Morgan fingerprint density at radius 1 is 1.03 bits per heavy atom. The average Bonchev–Trinajstić information content (AvgIpc) is 2.73. The van der Waals surface area contributed by atoms with E-state index in [1.807, 2.05) is 0 Å². The topological polar surface area (TPSA) is 75.7 Å². The summed E-state index contributed by atoms with van der Waals surface area (Å²) in [5, 5.41) is 3.65. The van der Waals surface area contributed by atoms with E-state index >= 15 is 0 Å². The number of ether oxygens (including phenoxy) is 1. The molecule has 1 aliphatic heterocycles. The molecule has 0 aliphatic carbocycles. The number of nitrogens with one attached hydrogen (secondary N) is 1. The Labute approximate surface area is 178 Å². The number of piperidine rings is 1. The van der Waals surface area contributed by atoms with Gasteiger partial charge in [-0.1, -0.05) is 23.2 Å². The van der Waals surface area contributed by atoms with E-state index in [0.717, 1.165) is 0 Å². The number of amides is 2. The molecule has 1 aliphatic rings. The lowest BCUT2D eigenvalue weighted by Gasteiger charge is -2.31. The number of nitrogens with zero attached hydrogens (tertiary/aromatic N) is 1. The number of hydrogen-bond acceptors (Lipinski definition) is 4. The predicted molar refractivity (Wildman–Crippen MR) is 112 cm³/mol. The van der Waals surface area contributed by atoms with Gasteiger partial charge in [-0.3, -0.25) is 9.59 Å². The number of carbonyl (C=O) groups is 3. The number of rotatable bonds is 4. The van der Waals surface area contributed by atoms with Gasteiger partial charge in [-0.2, -0.15) is 0 Å². The highest BCUT2D eigenvalue weighted by molar-refractivity contribution is 6.36. The molecule has 0 spiro atoms. The van der Waals surface area contributed by atoms with Crippen LogP contribution in [0.15, 0.2) is 42.5 Å². The number of methoxy groups -OCH3 is 1. The zero-order valence-electron chi connectivity index (χ0n) is 15.8. The van der Waals surface area contributed by atoms with Crippen molar-refractivity contribution >= 4 is 46.7 Å². The third-order valence-corrected chi connectivity index (χ3v) is 5.44. The first-order valence-electron chi connectivity index (χ1n) is 9.12. The van der Waals surface area contributed by atoms with Crippen molar-refractivity contribution < 1.29 is 19.1 Å². The lowest BCUT2D eigenvalue weighted by molar-refractivity contribution is -0.121. The monoisotopic (exact) mass is 434 g/mol. The molecule has 1 N–H and O–H groups in total. The smallest absolute Gasteiger partial charge is 0.337 e. The summed E-state index contributed by atoms with van der Waals surface area (Å²) < 4.78 is 4.65. The van der Waals surface area contributed by atoms with Gasteiger partial charge in [0.05, 0.1) is 23.3 Å². The summed E-state index contributed by atoms with van der Waals surface area (Å²) in [6.45, 7) is 0.939. The van der Waals surface area contributed by atoms with E-state index in [1.54, 1.807) is 47.4 Å².